The molecule has 0 spiro atoms. The third kappa shape index (κ3) is 3.66. The Morgan fingerprint density at radius 2 is 1.65 bits per heavy atom. The van der Waals surface area contributed by atoms with E-state index in [1.165, 1.54) is 0 Å². The van der Waals surface area contributed by atoms with Crippen molar-refractivity contribution in [1.29, 1.82) is 0 Å². The van der Waals surface area contributed by atoms with Crippen molar-refractivity contribution in [3.8, 4) is 0 Å². The Labute approximate surface area is 139 Å². The number of ketones is 1. The fourth-order valence-corrected chi connectivity index (χ4v) is 2.65. The number of aromatic nitrogens is 2. The molecule has 0 saturated carbocycles. The van der Waals surface area contributed by atoms with Crippen LogP contribution in [0.15, 0.2) is 54.6 Å². The largest absolute Gasteiger partial charge is 0.360 e. The van der Waals surface area contributed by atoms with Gasteiger partial charge in [0.25, 0.3) is 0 Å². The number of para-hydroxylation sites is 2. The number of nitrogens with zero attached hydrogens (tertiary/aromatic N) is 2. The maximum Gasteiger partial charge on any atom is 0.172 e. The third-order valence-corrected chi connectivity index (χ3v) is 3.80. The highest BCUT2D eigenvalue weighted by Crippen LogP contribution is 2.27. The number of carbonyl (C=O) groups excluding carboxylic acids is 1. The number of rotatable bonds is 5. The van der Waals surface area contributed by atoms with Crippen LogP contribution in [0.4, 0.5) is 5.82 Å². The van der Waals surface area contributed by atoms with Crippen LogP contribution in [-0.2, 0) is 4.79 Å². The molecule has 23 heavy (non-hydrogen) atoms. The van der Waals surface area contributed by atoms with E-state index in [9.17, 15) is 4.79 Å². The summed E-state index contributed by atoms with van der Waals surface area (Å²) < 4.78 is 0. The molecule has 0 fully saturated rings. The van der Waals surface area contributed by atoms with Gasteiger partial charge < -0.3 is 5.32 Å². The summed E-state index contributed by atoms with van der Waals surface area (Å²) in [4.78, 5) is 20.5. The van der Waals surface area contributed by atoms with Crippen molar-refractivity contribution >= 4 is 34.2 Å². The van der Waals surface area contributed by atoms with Gasteiger partial charge in [0.15, 0.2) is 11.0 Å². The first-order valence-corrected chi connectivity index (χ1v) is 7.74. The fourth-order valence-electron chi connectivity index (χ4n) is 2.46. The summed E-state index contributed by atoms with van der Waals surface area (Å²) in [5.41, 5.74) is 2.51. The van der Waals surface area contributed by atoms with Gasteiger partial charge in [-0.15, -0.1) is 0 Å². The molecule has 4 nitrogen and oxygen atoms in total. The fraction of sp³-hybridized carbons (Fsp3) is 0.167. The third-order valence-electron chi connectivity index (χ3n) is 3.53. The van der Waals surface area contributed by atoms with Crippen LogP contribution in [-0.4, -0.2) is 15.8 Å². The molecule has 1 unspecified atom stereocenters. The number of Topliss-reactive ketones (excluding diaryl/α,β-unsaturated/α-hetero) is 1. The summed E-state index contributed by atoms with van der Waals surface area (Å²) in [5, 5.41) is 3.56. The lowest BCUT2D eigenvalue weighted by Crippen LogP contribution is -2.15. The summed E-state index contributed by atoms with van der Waals surface area (Å²) in [6.07, 6.45) is 0.356. The van der Waals surface area contributed by atoms with E-state index >= 15 is 0 Å². The Bertz CT molecular complexity index is 836. The van der Waals surface area contributed by atoms with Gasteiger partial charge in [-0.1, -0.05) is 54.1 Å². The van der Waals surface area contributed by atoms with E-state index < -0.39 is 0 Å². The summed E-state index contributed by atoms with van der Waals surface area (Å²) in [5.74, 6) is 0.580. The van der Waals surface area contributed by atoms with Gasteiger partial charge in [0, 0.05) is 6.42 Å². The molecule has 116 valence electrons. The van der Waals surface area contributed by atoms with Crippen molar-refractivity contribution in [3.63, 3.8) is 0 Å². The number of carbonyl (C=O) groups is 1. The SMILES string of the molecule is CC(=O)CC(Nc1nc2ccccc2nc1Cl)c1ccccc1. The molecule has 0 amide bonds. The van der Waals surface area contributed by atoms with Crippen LogP contribution < -0.4 is 5.32 Å². The van der Waals surface area contributed by atoms with Gasteiger partial charge >= 0.3 is 0 Å². The molecule has 1 N–H and O–H groups in total. The zero-order chi connectivity index (χ0) is 16.2. The quantitative estimate of drug-likeness (QED) is 0.754. The monoisotopic (exact) mass is 325 g/mol. The van der Waals surface area contributed by atoms with Crippen molar-refractivity contribution in [3.05, 3.63) is 65.3 Å². The van der Waals surface area contributed by atoms with E-state index in [-0.39, 0.29) is 11.8 Å². The van der Waals surface area contributed by atoms with Gasteiger partial charge in [-0.25, -0.2) is 9.97 Å². The minimum atomic E-state index is -0.193. The molecule has 2 aromatic carbocycles. The van der Waals surface area contributed by atoms with Crippen LogP contribution in [0.25, 0.3) is 11.0 Å². The molecule has 3 aromatic rings. The lowest BCUT2D eigenvalue weighted by molar-refractivity contribution is -0.117. The minimum absolute atomic E-state index is 0.0937. The van der Waals surface area contributed by atoms with Gasteiger partial charge in [0.1, 0.15) is 5.78 Å². The lowest BCUT2D eigenvalue weighted by Gasteiger charge is -2.19. The number of nitrogens with one attached hydrogen (secondary N) is 1. The Kier molecular flexibility index (Phi) is 4.53. The first kappa shape index (κ1) is 15.4. The molecular weight excluding hydrogens is 310 g/mol. The van der Waals surface area contributed by atoms with Crippen molar-refractivity contribution in [2.75, 3.05) is 5.32 Å². The molecule has 5 heteroatoms. The first-order chi connectivity index (χ1) is 11.1. The Morgan fingerprint density at radius 3 is 2.30 bits per heavy atom. The summed E-state index contributed by atoms with van der Waals surface area (Å²) >= 11 is 6.25. The maximum atomic E-state index is 11.6. The Morgan fingerprint density at radius 1 is 1.04 bits per heavy atom. The molecule has 1 atom stereocenters. The first-order valence-electron chi connectivity index (χ1n) is 7.36. The second-order valence-corrected chi connectivity index (χ2v) is 5.72. The topological polar surface area (TPSA) is 54.9 Å². The van der Waals surface area contributed by atoms with E-state index in [2.05, 4.69) is 15.3 Å². The zero-order valence-corrected chi connectivity index (χ0v) is 13.4. The molecule has 1 aromatic heterocycles. The number of halogens is 1. The van der Waals surface area contributed by atoms with Crippen LogP contribution in [0.3, 0.4) is 0 Å². The number of fused-ring (bicyclic) bond motifs is 1. The predicted octanol–water partition coefficient (Wildman–Crippen LogP) is 4.42. The molecule has 1 heterocycles. The van der Waals surface area contributed by atoms with Crippen LogP contribution in [0.1, 0.15) is 24.9 Å². The molecule has 0 aliphatic carbocycles. The Hall–Kier alpha value is -2.46. The van der Waals surface area contributed by atoms with Gasteiger partial charge in [-0.3, -0.25) is 4.79 Å². The highest BCUT2D eigenvalue weighted by Gasteiger charge is 2.16. The summed E-state index contributed by atoms with van der Waals surface area (Å²) in [6.45, 7) is 1.57. The smallest absolute Gasteiger partial charge is 0.172 e. The molecule has 0 saturated heterocycles. The van der Waals surface area contributed by atoms with Gasteiger partial charge in [-0.2, -0.15) is 0 Å². The van der Waals surface area contributed by atoms with Crippen LogP contribution >= 0.6 is 11.6 Å². The molecule has 0 radical (unpaired) electrons. The van der Waals surface area contributed by atoms with Gasteiger partial charge in [0.05, 0.1) is 17.1 Å². The average Bonchev–Trinajstić information content (AvgIpc) is 2.55. The highest BCUT2D eigenvalue weighted by molar-refractivity contribution is 6.32. The van der Waals surface area contributed by atoms with Crippen LogP contribution in [0.5, 0.6) is 0 Å². The van der Waals surface area contributed by atoms with E-state index in [1.54, 1.807) is 6.92 Å². The molecule has 0 aliphatic heterocycles. The number of hydrogen-bond donors (Lipinski definition) is 1. The minimum Gasteiger partial charge on any atom is -0.360 e. The highest BCUT2D eigenvalue weighted by atomic mass is 35.5. The van der Waals surface area contributed by atoms with E-state index in [4.69, 9.17) is 11.6 Å². The second-order valence-electron chi connectivity index (χ2n) is 5.37. The van der Waals surface area contributed by atoms with Crippen molar-refractivity contribution in [2.24, 2.45) is 0 Å². The van der Waals surface area contributed by atoms with E-state index in [0.717, 1.165) is 16.6 Å². The van der Waals surface area contributed by atoms with Gasteiger partial charge in [0.2, 0.25) is 0 Å². The number of benzene rings is 2. The summed E-state index contributed by atoms with van der Waals surface area (Å²) in [6, 6.07) is 17.1. The molecule has 0 bridgehead atoms. The zero-order valence-electron chi connectivity index (χ0n) is 12.7. The maximum absolute atomic E-state index is 11.6. The normalized spacial score (nSPS) is 12.1. The molecule has 3 rings (SSSR count). The molecular formula is C18H16ClN3O. The van der Waals surface area contributed by atoms with E-state index in [0.29, 0.717) is 17.4 Å². The number of anilines is 1. The predicted molar refractivity (Wildman–Crippen MR) is 92.7 cm³/mol. The number of hydrogen-bond acceptors (Lipinski definition) is 4. The second kappa shape index (κ2) is 6.75. The van der Waals surface area contributed by atoms with Crippen LogP contribution in [0, 0.1) is 0 Å². The van der Waals surface area contributed by atoms with Gasteiger partial charge in [-0.05, 0) is 24.6 Å². The average molecular weight is 326 g/mol. The van der Waals surface area contributed by atoms with Crippen molar-refractivity contribution in [2.45, 2.75) is 19.4 Å². The van der Waals surface area contributed by atoms with Crippen molar-refractivity contribution < 1.29 is 4.79 Å². The van der Waals surface area contributed by atoms with Crippen LogP contribution in [0.2, 0.25) is 5.15 Å². The van der Waals surface area contributed by atoms with Crippen molar-refractivity contribution in [1.82, 2.24) is 9.97 Å². The Balaban J connectivity index is 1.96. The standard InChI is InChI=1S/C18H16ClN3O/c1-12(23)11-16(13-7-3-2-4-8-13)22-18-17(19)20-14-9-5-6-10-15(14)21-18/h2-10,16H,11H2,1H3,(H,21,22). The summed E-state index contributed by atoms with van der Waals surface area (Å²) in [7, 11) is 0. The lowest BCUT2D eigenvalue weighted by atomic mass is 10.0. The molecule has 0 aliphatic rings. The van der Waals surface area contributed by atoms with E-state index in [1.807, 2.05) is 54.6 Å².